The van der Waals surface area contributed by atoms with E-state index in [4.69, 9.17) is 8.92 Å². The Kier molecular flexibility index (Phi) is 3.65. The minimum Gasteiger partial charge on any atom is -0.452 e. The largest absolute Gasteiger partial charge is 0.452 e. The maximum absolute atomic E-state index is 13.2. The molecule has 0 radical (unpaired) electrons. The third-order valence-corrected chi connectivity index (χ3v) is 3.53. The van der Waals surface area contributed by atoms with Crippen LogP contribution in [-0.4, -0.2) is 20.5 Å². The number of halogens is 1. The average molecular weight is 334 g/mol. The van der Waals surface area contributed by atoms with Crippen LogP contribution in [0.1, 0.15) is 15.9 Å². The zero-order valence-corrected chi connectivity index (χ0v) is 12.8. The van der Waals surface area contributed by atoms with Crippen LogP contribution in [0.15, 0.2) is 48.2 Å². The molecule has 0 aliphatic carbocycles. The van der Waals surface area contributed by atoms with Gasteiger partial charge in [0.2, 0.25) is 5.78 Å². The molecule has 0 spiro atoms. The molecular weight excluding hydrogens is 323 g/mol. The lowest BCUT2D eigenvalue weighted by Crippen LogP contribution is -2.05. The summed E-state index contributed by atoms with van der Waals surface area (Å²) in [6, 6.07) is 9.82. The number of allylic oxidation sites excluding steroid dienone is 1. The maximum atomic E-state index is 13.2. The molecule has 0 N–H and O–H groups in total. The zero-order valence-electron chi connectivity index (χ0n) is 11.9. The van der Waals surface area contributed by atoms with E-state index in [0.717, 1.165) is 6.26 Å². The smallest absolute Gasteiger partial charge is 0.306 e. The Hall–Kier alpha value is -2.67. The van der Waals surface area contributed by atoms with Gasteiger partial charge in [-0.25, -0.2) is 4.39 Å². The molecule has 0 saturated heterocycles. The number of ether oxygens (including phenoxy) is 1. The number of hydrogen-bond donors (Lipinski definition) is 0. The Balaban J connectivity index is 1.92. The second-order valence-corrected chi connectivity index (χ2v) is 6.52. The predicted molar refractivity (Wildman–Crippen MR) is 81.2 cm³/mol. The number of carbonyl (C=O) groups excluding carboxylic acids is 1. The van der Waals surface area contributed by atoms with Crippen molar-refractivity contribution in [1.82, 2.24) is 0 Å². The van der Waals surface area contributed by atoms with Crippen molar-refractivity contribution in [3.05, 3.63) is 65.2 Å². The first-order valence-corrected chi connectivity index (χ1v) is 8.37. The fourth-order valence-electron chi connectivity index (χ4n) is 2.14. The quantitative estimate of drug-likeness (QED) is 0.638. The van der Waals surface area contributed by atoms with Crippen LogP contribution in [0.2, 0.25) is 0 Å². The molecule has 1 aliphatic heterocycles. The summed E-state index contributed by atoms with van der Waals surface area (Å²) in [6.07, 6.45) is 2.34. The van der Waals surface area contributed by atoms with E-state index in [1.807, 2.05) is 0 Å². The number of hydrogen-bond acceptors (Lipinski definition) is 5. The number of Topliss-reactive ketones (excluding diaryl/α,β-unsaturated/α-hetero) is 1. The number of carbonyl (C=O) groups is 1. The van der Waals surface area contributed by atoms with Gasteiger partial charge < -0.3 is 8.92 Å². The van der Waals surface area contributed by atoms with E-state index in [1.165, 1.54) is 42.5 Å². The summed E-state index contributed by atoms with van der Waals surface area (Å²) in [6.45, 7) is 0. The van der Waals surface area contributed by atoms with Crippen LogP contribution < -0.4 is 8.92 Å². The van der Waals surface area contributed by atoms with Gasteiger partial charge in [-0.2, -0.15) is 8.42 Å². The molecule has 0 atom stereocenters. The number of benzene rings is 2. The van der Waals surface area contributed by atoms with E-state index < -0.39 is 15.9 Å². The molecule has 23 heavy (non-hydrogen) atoms. The van der Waals surface area contributed by atoms with Crippen molar-refractivity contribution in [1.29, 1.82) is 0 Å². The Morgan fingerprint density at radius 3 is 2.65 bits per heavy atom. The number of ketones is 1. The SMILES string of the molecule is CS(=O)(=O)Oc1ccc2c(c1)OC(=Cc1cccc(F)c1)C2=O. The fourth-order valence-corrected chi connectivity index (χ4v) is 2.59. The summed E-state index contributed by atoms with van der Waals surface area (Å²) in [5.41, 5.74) is 0.766. The molecule has 0 aromatic heterocycles. The van der Waals surface area contributed by atoms with Gasteiger partial charge in [0.15, 0.2) is 5.76 Å². The van der Waals surface area contributed by atoms with Crippen molar-refractivity contribution < 1.29 is 26.5 Å². The van der Waals surface area contributed by atoms with Crippen molar-refractivity contribution in [2.75, 3.05) is 6.26 Å². The predicted octanol–water partition coefficient (Wildman–Crippen LogP) is 2.78. The molecule has 1 heterocycles. The Labute approximate surface area is 132 Å². The molecule has 2 aromatic rings. The molecule has 0 unspecified atom stereocenters. The molecule has 2 aromatic carbocycles. The normalized spacial score (nSPS) is 15.4. The standard InChI is InChI=1S/C16H11FO5S/c1-23(19,20)22-12-5-6-13-14(9-12)21-15(16(13)18)8-10-3-2-4-11(17)7-10/h2-9H,1H3. The average Bonchev–Trinajstić information content (AvgIpc) is 2.73. The molecule has 1 aliphatic rings. The van der Waals surface area contributed by atoms with E-state index in [-0.39, 0.29) is 28.6 Å². The molecule has 7 heteroatoms. The van der Waals surface area contributed by atoms with Gasteiger partial charge in [0.05, 0.1) is 11.8 Å². The molecule has 118 valence electrons. The van der Waals surface area contributed by atoms with E-state index in [2.05, 4.69) is 0 Å². The van der Waals surface area contributed by atoms with Crippen molar-refractivity contribution in [3.63, 3.8) is 0 Å². The second-order valence-electron chi connectivity index (χ2n) is 4.94. The molecule has 0 bridgehead atoms. The second kappa shape index (κ2) is 5.51. The Morgan fingerprint density at radius 2 is 1.96 bits per heavy atom. The summed E-state index contributed by atoms with van der Waals surface area (Å²) in [5, 5.41) is 0. The summed E-state index contributed by atoms with van der Waals surface area (Å²) in [7, 11) is -3.67. The van der Waals surface area contributed by atoms with E-state index in [1.54, 1.807) is 6.07 Å². The minimum atomic E-state index is -3.67. The lowest BCUT2D eigenvalue weighted by atomic mass is 10.1. The first kappa shape index (κ1) is 15.2. The first-order chi connectivity index (χ1) is 10.8. The van der Waals surface area contributed by atoms with E-state index in [9.17, 15) is 17.6 Å². The van der Waals surface area contributed by atoms with Crippen molar-refractivity contribution in [2.45, 2.75) is 0 Å². The number of fused-ring (bicyclic) bond motifs is 1. The maximum Gasteiger partial charge on any atom is 0.306 e. The van der Waals surface area contributed by atoms with E-state index in [0.29, 0.717) is 5.56 Å². The summed E-state index contributed by atoms with van der Waals surface area (Å²) < 4.78 is 45.6. The Morgan fingerprint density at radius 1 is 1.17 bits per heavy atom. The topological polar surface area (TPSA) is 69.7 Å². The van der Waals surface area contributed by atoms with Crippen LogP contribution in [0.4, 0.5) is 4.39 Å². The van der Waals surface area contributed by atoms with Crippen LogP contribution in [0.5, 0.6) is 11.5 Å². The third kappa shape index (κ3) is 3.40. The van der Waals surface area contributed by atoms with Gasteiger partial charge in [-0.05, 0) is 35.9 Å². The van der Waals surface area contributed by atoms with Crippen LogP contribution in [0.25, 0.3) is 6.08 Å². The van der Waals surface area contributed by atoms with Gasteiger partial charge in [-0.1, -0.05) is 12.1 Å². The summed E-state index contributed by atoms with van der Waals surface area (Å²) in [4.78, 5) is 12.2. The van der Waals surface area contributed by atoms with Gasteiger partial charge in [-0.15, -0.1) is 0 Å². The highest BCUT2D eigenvalue weighted by atomic mass is 32.2. The monoisotopic (exact) mass is 334 g/mol. The highest BCUT2D eigenvalue weighted by Gasteiger charge is 2.28. The highest BCUT2D eigenvalue weighted by molar-refractivity contribution is 7.86. The van der Waals surface area contributed by atoms with Crippen molar-refractivity contribution in [3.8, 4) is 11.5 Å². The number of rotatable bonds is 3. The molecule has 5 nitrogen and oxygen atoms in total. The van der Waals surface area contributed by atoms with Gasteiger partial charge in [-0.3, -0.25) is 4.79 Å². The lowest BCUT2D eigenvalue weighted by molar-refractivity contribution is 0.101. The molecule has 0 saturated carbocycles. The van der Waals surface area contributed by atoms with Gasteiger partial charge in [0.1, 0.15) is 17.3 Å². The van der Waals surface area contributed by atoms with Gasteiger partial charge in [0, 0.05) is 6.07 Å². The van der Waals surface area contributed by atoms with Gasteiger partial charge >= 0.3 is 10.1 Å². The molecule has 0 amide bonds. The van der Waals surface area contributed by atoms with Crippen LogP contribution in [0, 0.1) is 5.82 Å². The van der Waals surface area contributed by atoms with E-state index >= 15 is 0 Å². The molecular formula is C16H11FO5S. The first-order valence-electron chi connectivity index (χ1n) is 6.55. The Bertz CT molecular complexity index is 931. The summed E-state index contributed by atoms with van der Waals surface area (Å²) >= 11 is 0. The van der Waals surface area contributed by atoms with Crippen LogP contribution in [0.3, 0.4) is 0 Å². The van der Waals surface area contributed by atoms with Crippen molar-refractivity contribution in [2.24, 2.45) is 0 Å². The minimum absolute atomic E-state index is 0.0297. The fraction of sp³-hybridized carbons (Fsp3) is 0.0625. The third-order valence-electron chi connectivity index (χ3n) is 3.04. The van der Waals surface area contributed by atoms with Crippen LogP contribution in [-0.2, 0) is 10.1 Å². The molecule has 0 fully saturated rings. The lowest BCUT2D eigenvalue weighted by Gasteiger charge is -2.03. The van der Waals surface area contributed by atoms with Gasteiger partial charge in [0.25, 0.3) is 0 Å². The zero-order chi connectivity index (χ0) is 16.6. The summed E-state index contributed by atoms with van der Waals surface area (Å²) in [5.74, 6) is -0.520. The van der Waals surface area contributed by atoms with Crippen LogP contribution >= 0.6 is 0 Å². The molecule has 3 rings (SSSR count). The highest BCUT2D eigenvalue weighted by Crippen LogP contribution is 2.35. The van der Waals surface area contributed by atoms with Crippen molar-refractivity contribution >= 4 is 22.0 Å².